The van der Waals surface area contributed by atoms with Crippen LogP contribution in [0.2, 0.25) is 0 Å². The Morgan fingerprint density at radius 1 is 1.07 bits per heavy atom. The van der Waals surface area contributed by atoms with Crippen molar-refractivity contribution in [3.63, 3.8) is 0 Å². The molecule has 0 aliphatic rings. The molecule has 0 unspecified atom stereocenters. The molecule has 2 aromatic carbocycles. The molecule has 29 heavy (non-hydrogen) atoms. The molecule has 0 fully saturated rings. The Hall–Kier alpha value is -3.56. The highest BCUT2D eigenvalue weighted by Crippen LogP contribution is 2.31. The van der Waals surface area contributed by atoms with Gasteiger partial charge in [0.15, 0.2) is 11.6 Å². The third-order valence-electron chi connectivity index (χ3n) is 3.81. The van der Waals surface area contributed by atoms with E-state index in [1.165, 1.54) is 30.0 Å². The van der Waals surface area contributed by atoms with E-state index in [0.717, 1.165) is 11.6 Å². The number of nitrogens with one attached hydrogen (secondary N) is 1. The minimum absolute atomic E-state index is 0.0406. The first-order valence-corrected chi connectivity index (χ1v) is 8.27. The van der Waals surface area contributed by atoms with Gasteiger partial charge in [0.05, 0.1) is 25.5 Å². The molecular formula is C19H15F4N3O3. The fourth-order valence-electron chi connectivity index (χ4n) is 2.55. The van der Waals surface area contributed by atoms with Crippen LogP contribution in [0.4, 0.5) is 29.2 Å². The van der Waals surface area contributed by atoms with Crippen LogP contribution in [0.3, 0.4) is 0 Å². The lowest BCUT2D eigenvalue weighted by Crippen LogP contribution is -2.20. The van der Waals surface area contributed by atoms with Gasteiger partial charge in [-0.25, -0.2) is 4.39 Å². The highest BCUT2D eigenvalue weighted by Gasteiger charge is 2.32. The number of benzene rings is 2. The minimum Gasteiger partial charge on any atom is -0.490 e. The lowest BCUT2D eigenvalue weighted by atomic mass is 10.2. The Morgan fingerprint density at radius 3 is 2.45 bits per heavy atom. The van der Waals surface area contributed by atoms with Gasteiger partial charge in [0, 0.05) is 0 Å². The number of nitrogens with zero attached hydrogens (tertiary/aromatic N) is 2. The molecule has 0 bridgehead atoms. The quantitative estimate of drug-likeness (QED) is 0.622. The van der Waals surface area contributed by atoms with Gasteiger partial charge in [-0.3, -0.25) is 4.79 Å². The molecule has 1 N–H and O–H groups in total. The molecular weight excluding hydrogens is 394 g/mol. The molecule has 152 valence electrons. The number of halogens is 4. The molecule has 3 rings (SSSR count). The highest BCUT2D eigenvalue weighted by molar-refractivity contribution is 5.58. The molecule has 0 aliphatic heterocycles. The smallest absolute Gasteiger partial charge is 0.490 e. The molecule has 0 saturated carbocycles. The van der Waals surface area contributed by atoms with E-state index in [0.29, 0.717) is 0 Å². The van der Waals surface area contributed by atoms with Crippen LogP contribution in [0.1, 0.15) is 5.56 Å². The fraction of sp³-hybridized carbons (Fsp3) is 0.158. The lowest BCUT2D eigenvalue weighted by Gasteiger charge is -2.17. The topological polar surface area (TPSA) is 65.4 Å². The van der Waals surface area contributed by atoms with Crippen molar-refractivity contribution in [2.24, 2.45) is 0 Å². The van der Waals surface area contributed by atoms with E-state index in [4.69, 9.17) is 4.74 Å². The van der Waals surface area contributed by atoms with Crippen molar-refractivity contribution in [2.45, 2.75) is 12.9 Å². The van der Waals surface area contributed by atoms with Crippen molar-refractivity contribution in [1.29, 1.82) is 0 Å². The average molecular weight is 409 g/mol. The van der Waals surface area contributed by atoms with Crippen molar-refractivity contribution < 1.29 is 27.0 Å². The van der Waals surface area contributed by atoms with E-state index < -0.39 is 23.5 Å². The second-order valence-corrected chi connectivity index (χ2v) is 5.84. The van der Waals surface area contributed by atoms with Crippen molar-refractivity contribution in [3.05, 3.63) is 76.5 Å². The summed E-state index contributed by atoms with van der Waals surface area (Å²) in [5.41, 5.74) is -0.217. The maximum Gasteiger partial charge on any atom is 0.573 e. The highest BCUT2D eigenvalue weighted by atomic mass is 19.4. The minimum atomic E-state index is -5.05. The molecule has 6 nitrogen and oxygen atoms in total. The van der Waals surface area contributed by atoms with Gasteiger partial charge < -0.3 is 19.4 Å². The standard InChI is InChI=1S/C19H15F4N3O3/c1-28-15-11-26(10-12-6-3-2-4-7-12)18(25-17(15)27)24-13-8-5-9-14(16(13)20)29-19(21,22)23/h2-9,11H,10H2,1H3,(H,24,25,27). The number of alkyl halides is 3. The van der Waals surface area contributed by atoms with Crippen LogP contribution in [0.25, 0.3) is 0 Å². The Morgan fingerprint density at radius 2 is 1.79 bits per heavy atom. The van der Waals surface area contributed by atoms with Crippen molar-refractivity contribution in [2.75, 3.05) is 12.4 Å². The third-order valence-corrected chi connectivity index (χ3v) is 3.81. The largest absolute Gasteiger partial charge is 0.573 e. The van der Waals surface area contributed by atoms with Crippen molar-refractivity contribution >= 4 is 11.6 Å². The second kappa shape index (κ2) is 8.21. The first kappa shape index (κ1) is 20.2. The second-order valence-electron chi connectivity index (χ2n) is 5.84. The first-order chi connectivity index (χ1) is 13.8. The van der Waals surface area contributed by atoms with Crippen LogP contribution in [-0.2, 0) is 6.54 Å². The van der Waals surface area contributed by atoms with Crippen LogP contribution in [-0.4, -0.2) is 23.0 Å². The maximum atomic E-state index is 14.5. The van der Waals surface area contributed by atoms with Crippen LogP contribution < -0.4 is 20.3 Å². The van der Waals surface area contributed by atoms with Crippen LogP contribution in [0.15, 0.2) is 59.5 Å². The van der Waals surface area contributed by atoms with E-state index >= 15 is 0 Å². The summed E-state index contributed by atoms with van der Waals surface area (Å²) in [7, 11) is 1.30. The molecule has 1 heterocycles. The number of hydrogen-bond donors (Lipinski definition) is 1. The number of aromatic nitrogens is 2. The zero-order valence-corrected chi connectivity index (χ0v) is 15.0. The normalized spacial score (nSPS) is 11.2. The zero-order chi connectivity index (χ0) is 21.0. The first-order valence-electron chi connectivity index (χ1n) is 8.27. The summed E-state index contributed by atoms with van der Waals surface area (Å²) in [6.45, 7) is 0.243. The van der Waals surface area contributed by atoms with E-state index in [-0.39, 0.29) is 23.9 Å². The van der Waals surface area contributed by atoms with Crippen LogP contribution >= 0.6 is 0 Å². The molecule has 0 atom stereocenters. The Balaban J connectivity index is 1.99. The van der Waals surface area contributed by atoms with Gasteiger partial charge in [-0.1, -0.05) is 36.4 Å². The summed E-state index contributed by atoms with van der Waals surface area (Å²) in [5, 5.41) is 2.55. The van der Waals surface area contributed by atoms with Gasteiger partial charge in [0.2, 0.25) is 11.7 Å². The predicted molar refractivity (Wildman–Crippen MR) is 97.0 cm³/mol. The Labute approximate surface area is 162 Å². The van der Waals surface area contributed by atoms with E-state index in [1.807, 2.05) is 30.3 Å². The summed E-state index contributed by atoms with van der Waals surface area (Å²) in [6, 6.07) is 12.3. The van der Waals surface area contributed by atoms with Crippen molar-refractivity contribution in [3.8, 4) is 11.5 Å². The monoisotopic (exact) mass is 409 g/mol. The third kappa shape index (κ3) is 5.03. The summed E-state index contributed by atoms with van der Waals surface area (Å²) in [6.07, 6.45) is -3.67. The molecule has 0 radical (unpaired) electrons. The summed E-state index contributed by atoms with van der Waals surface area (Å²) < 4.78 is 61.9. The number of ether oxygens (including phenoxy) is 2. The van der Waals surface area contributed by atoms with E-state index in [9.17, 15) is 22.4 Å². The summed E-state index contributed by atoms with van der Waals surface area (Å²) in [5.74, 6) is -2.40. The van der Waals surface area contributed by atoms with Crippen LogP contribution in [0, 0.1) is 5.82 Å². The average Bonchev–Trinajstić information content (AvgIpc) is 2.66. The fourth-order valence-corrected chi connectivity index (χ4v) is 2.55. The number of methoxy groups -OCH3 is 1. The summed E-state index contributed by atoms with van der Waals surface area (Å²) in [4.78, 5) is 15.9. The predicted octanol–water partition coefficient (Wildman–Crippen LogP) is 4.08. The molecule has 0 aliphatic carbocycles. The number of anilines is 2. The Kier molecular flexibility index (Phi) is 5.71. The molecule has 0 amide bonds. The maximum absolute atomic E-state index is 14.5. The van der Waals surface area contributed by atoms with Gasteiger partial charge in [0.25, 0.3) is 0 Å². The van der Waals surface area contributed by atoms with Gasteiger partial charge in [-0.2, -0.15) is 4.98 Å². The van der Waals surface area contributed by atoms with Gasteiger partial charge >= 0.3 is 11.9 Å². The number of rotatable bonds is 6. The van der Waals surface area contributed by atoms with Gasteiger partial charge in [-0.05, 0) is 17.7 Å². The molecule has 0 saturated heterocycles. The van der Waals surface area contributed by atoms with Crippen molar-refractivity contribution in [1.82, 2.24) is 9.55 Å². The van der Waals surface area contributed by atoms with Gasteiger partial charge in [0.1, 0.15) is 0 Å². The SMILES string of the molecule is COc1cn(Cc2ccccc2)c(Nc2cccc(OC(F)(F)F)c2F)nc1=O. The van der Waals surface area contributed by atoms with Crippen LogP contribution in [0.5, 0.6) is 11.5 Å². The van der Waals surface area contributed by atoms with Gasteiger partial charge in [-0.15, -0.1) is 13.2 Å². The number of hydrogen-bond acceptors (Lipinski definition) is 5. The summed E-state index contributed by atoms with van der Waals surface area (Å²) >= 11 is 0. The molecule has 1 aromatic heterocycles. The molecule has 3 aromatic rings. The van der Waals surface area contributed by atoms with E-state index in [2.05, 4.69) is 15.0 Å². The molecule has 0 spiro atoms. The zero-order valence-electron chi connectivity index (χ0n) is 15.0. The Bertz CT molecular complexity index is 1050. The molecule has 10 heteroatoms. The van der Waals surface area contributed by atoms with E-state index in [1.54, 1.807) is 0 Å². The lowest BCUT2D eigenvalue weighted by molar-refractivity contribution is -0.275.